The third-order valence-electron chi connectivity index (χ3n) is 8.41. The van der Waals surface area contributed by atoms with E-state index in [9.17, 15) is 10.2 Å². The molecule has 0 unspecified atom stereocenters. The van der Waals surface area contributed by atoms with E-state index in [0.29, 0.717) is 33.8 Å². The number of benzene rings is 3. The van der Waals surface area contributed by atoms with E-state index in [1.54, 1.807) is 0 Å². The Kier molecular flexibility index (Phi) is 7.27. The van der Waals surface area contributed by atoms with Crippen molar-refractivity contribution in [2.45, 2.75) is 77.8 Å². The van der Waals surface area contributed by atoms with E-state index < -0.39 is 16.6 Å². The van der Waals surface area contributed by atoms with Gasteiger partial charge in [-0.05, 0) is 71.7 Å². The van der Waals surface area contributed by atoms with Crippen LogP contribution in [0, 0.1) is 0 Å². The highest BCUT2D eigenvalue weighted by Gasteiger charge is 2.40. The van der Waals surface area contributed by atoms with Gasteiger partial charge in [0.05, 0.1) is 11.1 Å². The van der Waals surface area contributed by atoms with Gasteiger partial charge in [0.2, 0.25) is 23.4 Å². The highest BCUT2D eigenvalue weighted by Crippen LogP contribution is 2.57. The van der Waals surface area contributed by atoms with Crippen molar-refractivity contribution in [3.63, 3.8) is 0 Å². The molecule has 2 N–H and O–H groups in total. The lowest BCUT2D eigenvalue weighted by molar-refractivity contribution is 0.174. The van der Waals surface area contributed by atoms with Crippen LogP contribution >= 0.6 is 0 Å². The Balaban J connectivity index is 1.69. The fourth-order valence-electron chi connectivity index (χ4n) is 3.91. The molecule has 210 valence electrons. The zero-order valence-corrected chi connectivity index (χ0v) is 26.9. The Bertz CT molecular complexity index is 1240. The Hall–Kier alpha value is -3.11. The first-order valence-electron chi connectivity index (χ1n) is 13.4. The smallest absolute Gasteiger partial charge is 0.250 e. The molecule has 1 heterocycles. The number of phenols is 2. The molecule has 8 heteroatoms. The fourth-order valence-corrected chi connectivity index (χ4v) is 5.98. The molecule has 1 aliphatic rings. The van der Waals surface area contributed by atoms with Gasteiger partial charge in [0.25, 0.3) is 0 Å². The van der Waals surface area contributed by atoms with Gasteiger partial charge in [0, 0.05) is 0 Å². The van der Waals surface area contributed by atoms with Crippen LogP contribution in [0.2, 0.25) is 36.3 Å². The number of rotatable bonds is 6. The number of hydrogen-bond acceptors (Lipinski definition) is 6. The average molecular weight is 567 g/mol. The summed E-state index contributed by atoms with van der Waals surface area (Å²) in [6.45, 7) is 22.0. The summed E-state index contributed by atoms with van der Waals surface area (Å²) >= 11 is 0. The molecule has 0 saturated heterocycles. The van der Waals surface area contributed by atoms with Gasteiger partial charge in [0.1, 0.15) is 11.5 Å². The molecule has 6 nitrogen and oxygen atoms in total. The van der Waals surface area contributed by atoms with E-state index in [-0.39, 0.29) is 28.4 Å². The van der Waals surface area contributed by atoms with Crippen LogP contribution in [0.4, 0.5) is 0 Å². The second-order valence-corrected chi connectivity index (χ2v) is 22.7. The van der Waals surface area contributed by atoms with Crippen molar-refractivity contribution in [2.24, 2.45) is 0 Å². The molecule has 0 aliphatic carbocycles. The first kappa shape index (κ1) is 28.9. The first-order chi connectivity index (χ1) is 17.9. The number of hydrogen-bond donors (Lipinski definition) is 2. The van der Waals surface area contributed by atoms with Crippen LogP contribution in [0.25, 0.3) is 22.3 Å². The van der Waals surface area contributed by atoms with Gasteiger partial charge in [0.15, 0.2) is 23.0 Å². The Morgan fingerprint density at radius 3 is 1.18 bits per heavy atom. The molecule has 1 aliphatic heterocycles. The lowest BCUT2D eigenvalue weighted by atomic mass is 9.95. The maximum atomic E-state index is 11.2. The summed E-state index contributed by atoms with van der Waals surface area (Å²) in [5.74, 6) is 1.85. The van der Waals surface area contributed by atoms with Gasteiger partial charge < -0.3 is 28.5 Å². The van der Waals surface area contributed by atoms with Crippen LogP contribution in [0.1, 0.15) is 41.5 Å². The summed E-state index contributed by atoms with van der Waals surface area (Å²) in [6.07, 6.45) is 0. The van der Waals surface area contributed by atoms with Crippen LogP contribution in [0.15, 0.2) is 48.5 Å². The maximum Gasteiger partial charge on any atom is 0.250 e. The minimum atomic E-state index is -1.99. The van der Waals surface area contributed by atoms with Crippen molar-refractivity contribution in [2.75, 3.05) is 6.79 Å². The molecule has 0 spiro atoms. The molecule has 0 fully saturated rings. The normalized spacial score (nSPS) is 13.9. The van der Waals surface area contributed by atoms with E-state index in [2.05, 4.69) is 67.7 Å². The summed E-state index contributed by atoms with van der Waals surface area (Å²) in [5, 5.41) is 22.5. The van der Waals surface area contributed by atoms with Crippen LogP contribution in [-0.4, -0.2) is 33.6 Å². The van der Waals surface area contributed by atoms with E-state index >= 15 is 0 Å². The molecule has 0 saturated carbocycles. The van der Waals surface area contributed by atoms with Crippen LogP contribution in [0.5, 0.6) is 34.5 Å². The molecule has 3 aromatic rings. The molecule has 39 heavy (non-hydrogen) atoms. The number of fused-ring (bicyclic) bond motifs is 1. The van der Waals surface area contributed by atoms with Gasteiger partial charge in [-0.2, -0.15) is 0 Å². The largest absolute Gasteiger partial charge is 0.544 e. The number of phenolic OH excluding ortho intramolecular Hbond substituents is 2. The van der Waals surface area contributed by atoms with Gasteiger partial charge in [-0.1, -0.05) is 65.8 Å². The van der Waals surface area contributed by atoms with Gasteiger partial charge in [-0.3, -0.25) is 0 Å². The van der Waals surface area contributed by atoms with E-state index in [1.807, 2.05) is 48.5 Å². The zero-order chi connectivity index (χ0) is 29.0. The summed E-state index contributed by atoms with van der Waals surface area (Å²) in [5.41, 5.74) is 2.16. The van der Waals surface area contributed by atoms with Crippen LogP contribution < -0.4 is 18.3 Å². The number of ether oxygens (including phenoxy) is 2. The van der Waals surface area contributed by atoms with Crippen molar-refractivity contribution in [1.82, 2.24) is 0 Å². The molecule has 3 aromatic carbocycles. The van der Waals surface area contributed by atoms with Crippen LogP contribution in [-0.2, 0) is 0 Å². The van der Waals surface area contributed by atoms with Crippen molar-refractivity contribution in [3.05, 3.63) is 48.5 Å². The minimum Gasteiger partial charge on any atom is -0.544 e. The van der Waals surface area contributed by atoms with Crippen molar-refractivity contribution in [1.29, 1.82) is 0 Å². The monoisotopic (exact) mass is 566 g/mol. The van der Waals surface area contributed by atoms with E-state index in [4.69, 9.17) is 18.3 Å². The lowest BCUT2D eigenvalue weighted by Crippen LogP contribution is -2.43. The summed E-state index contributed by atoms with van der Waals surface area (Å²) < 4.78 is 24.5. The lowest BCUT2D eigenvalue weighted by Gasteiger charge is -2.36. The fraction of sp³-hybridized carbons (Fsp3) is 0.419. The van der Waals surface area contributed by atoms with Crippen LogP contribution in [0.3, 0.4) is 0 Å². The molecular weight excluding hydrogens is 525 g/mol. The SMILES string of the molecule is CC(C)(C)[Si](C)(C)Oc1ccc(-c2c(O)c(O)c(-c3ccc(O[Si](C)(C)C(C)(C)C)cc3)c3c2OCO3)cc1. The molecule has 0 atom stereocenters. The highest BCUT2D eigenvalue weighted by molar-refractivity contribution is 6.75. The number of aromatic hydroxyl groups is 2. The summed E-state index contributed by atoms with van der Waals surface area (Å²) in [7, 11) is -3.98. The van der Waals surface area contributed by atoms with E-state index in [1.165, 1.54) is 0 Å². The standard InChI is InChI=1S/C31H42O6Si2/c1-30(2,3)38(7,8)36-22-15-11-20(12-16-22)24-26(32)27(33)25(29-28(24)34-19-35-29)21-13-17-23(18-14-21)37-39(9,10)31(4,5)6/h11-18,32-33H,19H2,1-10H3. The van der Waals surface area contributed by atoms with Gasteiger partial charge in [-0.15, -0.1) is 0 Å². The zero-order valence-electron chi connectivity index (χ0n) is 24.9. The van der Waals surface area contributed by atoms with Crippen molar-refractivity contribution in [3.8, 4) is 56.8 Å². The second kappa shape index (κ2) is 9.82. The Morgan fingerprint density at radius 1 is 0.590 bits per heavy atom. The van der Waals surface area contributed by atoms with Crippen molar-refractivity contribution < 1.29 is 28.5 Å². The topological polar surface area (TPSA) is 77.4 Å². The first-order valence-corrected chi connectivity index (χ1v) is 19.2. The average Bonchev–Trinajstić information content (AvgIpc) is 3.28. The molecule has 0 amide bonds. The predicted molar refractivity (Wildman–Crippen MR) is 162 cm³/mol. The second-order valence-electron chi connectivity index (χ2n) is 13.3. The third kappa shape index (κ3) is 5.49. The molecule has 4 rings (SSSR count). The van der Waals surface area contributed by atoms with E-state index in [0.717, 1.165) is 11.5 Å². The molecule has 0 radical (unpaired) electrons. The highest BCUT2D eigenvalue weighted by atomic mass is 28.4. The third-order valence-corrected chi connectivity index (χ3v) is 17.1. The maximum absolute atomic E-state index is 11.2. The van der Waals surface area contributed by atoms with Gasteiger partial charge >= 0.3 is 0 Å². The summed E-state index contributed by atoms with van der Waals surface area (Å²) in [4.78, 5) is 0. The molecule has 0 aromatic heterocycles. The quantitative estimate of drug-likeness (QED) is 0.229. The minimum absolute atomic E-state index is 0.00262. The Morgan fingerprint density at radius 2 is 0.897 bits per heavy atom. The van der Waals surface area contributed by atoms with Gasteiger partial charge in [-0.25, -0.2) is 0 Å². The van der Waals surface area contributed by atoms with Crippen molar-refractivity contribution >= 4 is 16.6 Å². The molecule has 0 bridgehead atoms. The predicted octanol–water partition coefficient (Wildman–Crippen LogP) is 8.93. The summed E-state index contributed by atoms with van der Waals surface area (Å²) in [6, 6.07) is 15.0. The Labute approximate surface area is 234 Å². The molecular formula is C31H42O6Si2.